The quantitative estimate of drug-likeness (QED) is 0.896. The summed E-state index contributed by atoms with van der Waals surface area (Å²) in [6, 6.07) is 10.1. The number of aromatic nitrogens is 2. The SMILES string of the molecule is COc1ccc2c(c1)[C@@H](N)C1(CCN(c3nc(C)cc(C#N)n3)CC1)C2. The molecule has 6 heteroatoms. The number of piperidine rings is 1. The second-order valence-electron chi connectivity index (χ2n) is 7.37. The Hall–Kier alpha value is -2.65. The van der Waals surface area contributed by atoms with E-state index in [1.807, 2.05) is 13.0 Å². The van der Waals surface area contributed by atoms with Crippen LogP contribution >= 0.6 is 0 Å². The summed E-state index contributed by atoms with van der Waals surface area (Å²) in [5, 5.41) is 9.14. The highest BCUT2D eigenvalue weighted by Gasteiger charge is 2.46. The number of benzene rings is 1. The van der Waals surface area contributed by atoms with Gasteiger partial charge in [0.1, 0.15) is 17.5 Å². The molecular weight excluding hydrogens is 326 g/mol. The normalized spacial score (nSPS) is 20.7. The summed E-state index contributed by atoms with van der Waals surface area (Å²) in [6.07, 6.45) is 2.99. The molecule has 1 atom stereocenters. The van der Waals surface area contributed by atoms with E-state index in [-0.39, 0.29) is 11.5 Å². The molecule has 0 saturated carbocycles. The van der Waals surface area contributed by atoms with Crippen LogP contribution in [0.15, 0.2) is 24.3 Å². The number of rotatable bonds is 2. The van der Waals surface area contributed by atoms with E-state index in [1.54, 1.807) is 13.2 Å². The fourth-order valence-electron chi connectivity index (χ4n) is 4.36. The third-order valence-electron chi connectivity index (χ3n) is 5.89. The minimum atomic E-state index is 0.0304. The number of methoxy groups -OCH3 is 1. The highest BCUT2D eigenvalue weighted by atomic mass is 16.5. The van der Waals surface area contributed by atoms with Crippen molar-refractivity contribution in [3.05, 3.63) is 46.8 Å². The van der Waals surface area contributed by atoms with E-state index >= 15 is 0 Å². The van der Waals surface area contributed by atoms with Crippen LogP contribution in [0.3, 0.4) is 0 Å². The summed E-state index contributed by atoms with van der Waals surface area (Å²) in [5.74, 6) is 1.52. The van der Waals surface area contributed by atoms with Crippen molar-refractivity contribution in [2.45, 2.75) is 32.2 Å². The summed E-state index contributed by atoms with van der Waals surface area (Å²) >= 11 is 0. The molecule has 26 heavy (non-hydrogen) atoms. The Morgan fingerprint density at radius 3 is 2.73 bits per heavy atom. The Balaban J connectivity index is 1.54. The van der Waals surface area contributed by atoms with E-state index in [9.17, 15) is 0 Å². The number of nitrogens with two attached hydrogens (primary N) is 1. The van der Waals surface area contributed by atoms with Crippen LogP contribution < -0.4 is 15.4 Å². The molecule has 0 amide bonds. The maximum absolute atomic E-state index is 9.14. The Labute approximate surface area is 153 Å². The minimum absolute atomic E-state index is 0.0304. The smallest absolute Gasteiger partial charge is 0.226 e. The Morgan fingerprint density at radius 2 is 2.04 bits per heavy atom. The minimum Gasteiger partial charge on any atom is -0.497 e. The van der Waals surface area contributed by atoms with Gasteiger partial charge in [-0.15, -0.1) is 0 Å². The lowest BCUT2D eigenvalue weighted by molar-refractivity contribution is 0.187. The lowest BCUT2D eigenvalue weighted by Crippen LogP contribution is -2.45. The first-order chi connectivity index (χ1) is 12.5. The molecular formula is C20H23N5O. The largest absolute Gasteiger partial charge is 0.497 e. The van der Waals surface area contributed by atoms with E-state index in [4.69, 9.17) is 15.7 Å². The molecule has 4 rings (SSSR count). The number of nitriles is 1. The van der Waals surface area contributed by atoms with Gasteiger partial charge in [-0.05, 0) is 60.9 Å². The van der Waals surface area contributed by atoms with Crippen LogP contribution in [0.5, 0.6) is 5.75 Å². The average molecular weight is 349 g/mol. The number of ether oxygens (including phenoxy) is 1. The molecule has 1 aliphatic carbocycles. The lowest BCUT2D eigenvalue weighted by atomic mass is 9.73. The van der Waals surface area contributed by atoms with Crippen molar-refractivity contribution < 1.29 is 4.74 Å². The molecule has 1 spiro atoms. The van der Waals surface area contributed by atoms with E-state index in [0.717, 1.165) is 43.8 Å². The van der Waals surface area contributed by atoms with Crippen molar-refractivity contribution in [1.82, 2.24) is 9.97 Å². The molecule has 2 aliphatic rings. The van der Waals surface area contributed by atoms with E-state index < -0.39 is 0 Å². The molecule has 0 unspecified atom stereocenters. The van der Waals surface area contributed by atoms with Gasteiger partial charge in [-0.25, -0.2) is 9.97 Å². The van der Waals surface area contributed by atoms with Crippen LogP contribution in [-0.2, 0) is 6.42 Å². The molecule has 0 radical (unpaired) electrons. The van der Waals surface area contributed by atoms with Gasteiger partial charge < -0.3 is 15.4 Å². The first-order valence-electron chi connectivity index (χ1n) is 8.98. The summed E-state index contributed by atoms with van der Waals surface area (Å²) in [5.41, 5.74) is 10.6. The van der Waals surface area contributed by atoms with Crippen molar-refractivity contribution in [2.75, 3.05) is 25.1 Å². The highest BCUT2D eigenvalue weighted by Crippen LogP contribution is 2.51. The van der Waals surface area contributed by atoms with Gasteiger partial charge in [0.15, 0.2) is 0 Å². The second kappa shape index (κ2) is 6.26. The van der Waals surface area contributed by atoms with Gasteiger partial charge in [-0.3, -0.25) is 0 Å². The molecule has 1 aromatic carbocycles. The number of hydrogen-bond acceptors (Lipinski definition) is 6. The lowest BCUT2D eigenvalue weighted by Gasteiger charge is -2.42. The van der Waals surface area contributed by atoms with Crippen molar-refractivity contribution in [3.8, 4) is 11.8 Å². The summed E-state index contributed by atoms with van der Waals surface area (Å²) in [4.78, 5) is 11.1. The summed E-state index contributed by atoms with van der Waals surface area (Å²) < 4.78 is 5.36. The Bertz CT molecular complexity index is 880. The molecule has 1 saturated heterocycles. The van der Waals surface area contributed by atoms with Crippen molar-refractivity contribution in [3.63, 3.8) is 0 Å². The third-order valence-corrected chi connectivity index (χ3v) is 5.89. The van der Waals surface area contributed by atoms with Gasteiger partial charge in [-0.1, -0.05) is 6.07 Å². The predicted molar refractivity (Wildman–Crippen MR) is 99.0 cm³/mol. The van der Waals surface area contributed by atoms with Gasteiger partial charge in [0.25, 0.3) is 0 Å². The van der Waals surface area contributed by atoms with Crippen molar-refractivity contribution >= 4 is 5.95 Å². The van der Waals surface area contributed by atoms with Crippen LogP contribution in [0.4, 0.5) is 5.95 Å². The highest BCUT2D eigenvalue weighted by molar-refractivity contribution is 5.44. The van der Waals surface area contributed by atoms with Gasteiger partial charge in [-0.2, -0.15) is 5.26 Å². The molecule has 2 N–H and O–H groups in total. The number of nitrogens with zero attached hydrogens (tertiary/aromatic N) is 4. The van der Waals surface area contributed by atoms with Gasteiger partial charge in [0, 0.05) is 24.8 Å². The van der Waals surface area contributed by atoms with Crippen LogP contribution in [0.2, 0.25) is 0 Å². The maximum atomic E-state index is 9.14. The molecule has 1 fully saturated rings. The summed E-state index contributed by atoms with van der Waals surface area (Å²) in [6.45, 7) is 3.61. The molecule has 1 aliphatic heterocycles. The van der Waals surface area contributed by atoms with Crippen LogP contribution in [0, 0.1) is 23.7 Å². The number of aryl methyl sites for hydroxylation is 1. The second-order valence-corrected chi connectivity index (χ2v) is 7.37. The first-order valence-corrected chi connectivity index (χ1v) is 8.98. The van der Waals surface area contributed by atoms with Gasteiger partial charge >= 0.3 is 0 Å². The van der Waals surface area contributed by atoms with E-state index in [2.05, 4.69) is 33.1 Å². The molecule has 2 aromatic rings. The zero-order valence-electron chi connectivity index (χ0n) is 15.2. The molecule has 2 heterocycles. The molecule has 1 aromatic heterocycles. The maximum Gasteiger partial charge on any atom is 0.226 e. The molecule has 134 valence electrons. The number of hydrogen-bond donors (Lipinski definition) is 1. The van der Waals surface area contributed by atoms with Crippen molar-refractivity contribution in [2.24, 2.45) is 11.1 Å². The van der Waals surface area contributed by atoms with Gasteiger partial charge in [0.2, 0.25) is 5.95 Å². The number of fused-ring (bicyclic) bond motifs is 1. The van der Waals surface area contributed by atoms with Gasteiger partial charge in [0.05, 0.1) is 7.11 Å². The fourth-order valence-corrected chi connectivity index (χ4v) is 4.36. The standard InChI is InChI=1S/C20H23N5O/c1-13-9-15(12-21)24-19(23-13)25-7-5-20(6-8-25)11-14-3-4-16(26-2)10-17(14)18(20)22/h3-4,9-10,18H,5-8,11,22H2,1-2H3/t18-/m1/s1. The molecule has 0 bridgehead atoms. The Morgan fingerprint density at radius 1 is 1.27 bits per heavy atom. The van der Waals surface area contributed by atoms with Crippen molar-refractivity contribution in [1.29, 1.82) is 5.26 Å². The van der Waals surface area contributed by atoms with Crippen LogP contribution in [0.25, 0.3) is 0 Å². The fraction of sp³-hybridized carbons (Fsp3) is 0.450. The zero-order chi connectivity index (χ0) is 18.3. The average Bonchev–Trinajstić information content (AvgIpc) is 2.93. The predicted octanol–water partition coefficient (Wildman–Crippen LogP) is 2.51. The summed E-state index contributed by atoms with van der Waals surface area (Å²) in [7, 11) is 1.69. The number of anilines is 1. The monoisotopic (exact) mass is 349 g/mol. The third kappa shape index (κ3) is 2.69. The zero-order valence-corrected chi connectivity index (χ0v) is 15.2. The van der Waals surface area contributed by atoms with Crippen LogP contribution in [0.1, 0.15) is 41.4 Å². The van der Waals surface area contributed by atoms with Crippen LogP contribution in [-0.4, -0.2) is 30.2 Å². The van der Waals surface area contributed by atoms with E-state index in [1.165, 1.54) is 11.1 Å². The first kappa shape index (κ1) is 16.8. The Kier molecular flexibility index (Phi) is 4.04. The topological polar surface area (TPSA) is 88.1 Å². The van der Waals surface area contributed by atoms with E-state index in [0.29, 0.717) is 11.6 Å². The molecule has 6 nitrogen and oxygen atoms in total.